The van der Waals surface area contributed by atoms with Gasteiger partial charge in [-0.1, -0.05) is 0 Å². The van der Waals surface area contributed by atoms with Gasteiger partial charge in [-0.25, -0.2) is 4.79 Å². The molecule has 6 nitrogen and oxygen atoms in total. The predicted molar refractivity (Wildman–Crippen MR) is 65.0 cm³/mol. The first-order valence-electron chi connectivity index (χ1n) is 5.60. The fraction of sp³-hybridized carbons (Fsp3) is 0.455. The van der Waals surface area contributed by atoms with E-state index >= 15 is 0 Å². The van der Waals surface area contributed by atoms with Crippen molar-refractivity contribution >= 4 is 17.5 Å². The highest BCUT2D eigenvalue weighted by atomic mass is 16.4. The molecule has 0 unspecified atom stereocenters. The van der Waals surface area contributed by atoms with E-state index < -0.39 is 6.09 Å². The maximum absolute atomic E-state index is 10.6. The molecule has 1 fully saturated rings. The van der Waals surface area contributed by atoms with Crippen LogP contribution in [0.2, 0.25) is 0 Å². The number of pyridine rings is 1. The summed E-state index contributed by atoms with van der Waals surface area (Å²) in [5, 5.41) is 11.2. The van der Waals surface area contributed by atoms with Crippen LogP contribution in [0.5, 0.6) is 0 Å². The van der Waals surface area contributed by atoms with Crippen molar-refractivity contribution in [2.75, 3.05) is 23.7 Å². The van der Waals surface area contributed by atoms with Crippen LogP contribution in [0.3, 0.4) is 0 Å². The average Bonchev–Trinajstić information content (AvgIpc) is 2.29. The number of nitrogens with two attached hydrogens (primary N) is 1. The van der Waals surface area contributed by atoms with Crippen molar-refractivity contribution in [3.8, 4) is 0 Å². The van der Waals surface area contributed by atoms with E-state index in [0.717, 1.165) is 25.1 Å². The van der Waals surface area contributed by atoms with E-state index in [9.17, 15) is 4.79 Å². The summed E-state index contributed by atoms with van der Waals surface area (Å²) in [7, 11) is 0. The molecule has 2 rings (SSSR count). The topological polar surface area (TPSA) is 91.5 Å². The Labute approximate surface area is 99.4 Å². The molecule has 1 aromatic heterocycles. The summed E-state index contributed by atoms with van der Waals surface area (Å²) in [5.41, 5.74) is 7.41. The average molecular weight is 236 g/mol. The van der Waals surface area contributed by atoms with Crippen molar-refractivity contribution in [2.45, 2.75) is 18.9 Å². The van der Waals surface area contributed by atoms with Gasteiger partial charge in [0.1, 0.15) is 0 Å². The Morgan fingerprint density at radius 3 is 3.18 bits per heavy atom. The third-order valence-electron chi connectivity index (χ3n) is 2.92. The van der Waals surface area contributed by atoms with Crippen LogP contribution in [-0.2, 0) is 0 Å². The molecule has 4 N–H and O–H groups in total. The minimum atomic E-state index is -0.973. The summed E-state index contributed by atoms with van der Waals surface area (Å²) >= 11 is 0. The normalized spacial score (nSPS) is 20.0. The molecule has 0 radical (unpaired) electrons. The molecule has 17 heavy (non-hydrogen) atoms. The zero-order chi connectivity index (χ0) is 12.3. The van der Waals surface area contributed by atoms with E-state index in [2.05, 4.69) is 15.2 Å². The third kappa shape index (κ3) is 2.77. The Bertz CT molecular complexity index is 410. The quantitative estimate of drug-likeness (QED) is 0.709. The van der Waals surface area contributed by atoms with Gasteiger partial charge in [-0.2, -0.15) is 0 Å². The van der Waals surface area contributed by atoms with Crippen LogP contribution in [0.15, 0.2) is 18.5 Å². The number of hydrogen-bond acceptors (Lipinski definition) is 4. The predicted octanol–water partition coefficient (Wildman–Crippen LogP) is 0.900. The van der Waals surface area contributed by atoms with Crippen LogP contribution in [0.25, 0.3) is 0 Å². The number of rotatable bonds is 2. The van der Waals surface area contributed by atoms with Gasteiger partial charge in [0.2, 0.25) is 0 Å². The highest BCUT2D eigenvalue weighted by Crippen LogP contribution is 2.24. The number of carboxylic acid groups (broad SMARTS) is 1. The molecular weight excluding hydrogens is 220 g/mol. The smallest absolute Gasteiger partial charge is 0.404 e. The lowest BCUT2D eigenvalue weighted by atomic mass is 10.1. The van der Waals surface area contributed by atoms with Gasteiger partial charge in [0.25, 0.3) is 0 Å². The second kappa shape index (κ2) is 4.90. The number of hydrogen-bond donors (Lipinski definition) is 3. The zero-order valence-electron chi connectivity index (χ0n) is 9.47. The molecule has 1 amide bonds. The highest BCUT2D eigenvalue weighted by molar-refractivity contribution is 5.67. The van der Waals surface area contributed by atoms with Crippen molar-refractivity contribution in [1.29, 1.82) is 0 Å². The number of nitrogen functional groups attached to an aromatic ring is 1. The number of anilines is 2. The molecule has 0 aliphatic carbocycles. The number of piperidine rings is 1. The highest BCUT2D eigenvalue weighted by Gasteiger charge is 2.22. The van der Waals surface area contributed by atoms with E-state index in [1.54, 1.807) is 12.4 Å². The number of carbonyl (C=O) groups is 1. The van der Waals surface area contributed by atoms with Gasteiger partial charge in [0, 0.05) is 25.3 Å². The van der Waals surface area contributed by atoms with Crippen molar-refractivity contribution in [3.63, 3.8) is 0 Å². The van der Waals surface area contributed by atoms with Gasteiger partial charge >= 0.3 is 6.09 Å². The zero-order valence-corrected chi connectivity index (χ0v) is 9.47. The van der Waals surface area contributed by atoms with Gasteiger partial charge < -0.3 is 21.1 Å². The maximum Gasteiger partial charge on any atom is 0.404 e. The lowest BCUT2D eigenvalue weighted by Crippen LogP contribution is -2.47. The molecule has 2 heterocycles. The van der Waals surface area contributed by atoms with Crippen LogP contribution in [0.1, 0.15) is 12.8 Å². The van der Waals surface area contributed by atoms with Crippen LogP contribution < -0.4 is 16.0 Å². The Balaban J connectivity index is 2.07. The maximum atomic E-state index is 10.6. The van der Waals surface area contributed by atoms with Gasteiger partial charge in [0.15, 0.2) is 0 Å². The largest absolute Gasteiger partial charge is 0.465 e. The van der Waals surface area contributed by atoms with E-state index in [0.29, 0.717) is 12.2 Å². The first kappa shape index (κ1) is 11.5. The number of amides is 1. The SMILES string of the molecule is Nc1cnccc1N1CCC[C@H](NC(=O)O)C1. The molecule has 1 aliphatic heterocycles. The van der Waals surface area contributed by atoms with Crippen LogP contribution in [0, 0.1) is 0 Å². The summed E-state index contributed by atoms with van der Waals surface area (Å²) < 4.78 is 0. The van der Waals surface area contributed by atoms with Crippen molar-refractivity contribution in [2.24, 2.45) is 0 Å². The van der Waals surface area contributed by atoms with Crippen LogP contribution in [-0.4, -0.2) is 35.3 Å². The summed E-state index contributed by atoms with van der Waals surface area (Å²) in [6, 6.07) is 1.83. The Hall–Kier alpha value is -1.98. The van der Waals surface area contributed by atoms with Crippen LogP contribution >= 0.6 is 0 Å². The molecule has 1 aliphatic rings. The van der Waals surface area contributed by atoms with Crippen molar-refractivity contribution in [3.05, 3.63) is 18.5 Å². The third-order valence-corrected chi connectivity index (χ3v) is 2.92. The van der Waals surface area contributed by atoms with Gasteiger partial charge in [-0.3, -0.25) is 4.98 Å². The van der Waals surface area contributed by atoms with Crippen LogP contribution in [0.4, 0.5) is 16.2 Å². The molecule has 0 saturated carbocycles. The monoisotopic (exact) mass is 236 g/mol. The summed E-state index contributed by atoms with van der Waals surface area (Å²) in [6.07, 6.45) is 4.16. The van der Waals surface area contributed by atoms with Crippen molar-refractivity contribution in [1.82, 2.24) is 10.3 Å². The van der Waals surface area contributed by atoms with E-state index in [-0.39, 0.29) is 6.04 Å². The molecule has 6 heteroatoms. The fourth-order valence-corrected chi connectivity index (χ4v) is 2.18. The summed E-state index contributed by atoms with van der Waals surface area (Å²) in [4.78, 5) is 16.7. The number of nitrogens with zero attached hydrogens (tertiary/aromatic N) is 2. The Kier molecular flexibility index (Phi) is 3.32. The fourth-order valence-electron chi connectivity index (χ4n) is 2.18. The van der Waals surface area contributed by atoms with Gasteiger partial charge in [-0.15, -0.1) is 0 Å². The first-order chi connectivity index (χ1) is 8.16. The summed E-state index contributed by atoms with van der Waals surface area (Å²) in [5.74, 6) is 0. The van der Waals surface area contributed by atoms with E-state index in [1.807, 2.05) is 6.07 Å². The lowest BCUT2D eigenvalue weighted by Gasteiger charge is -2.34. The number of aromatic nitrogens is 1. The summed E-state index contributed by atoms with van der Waals surface area (Å²) in [6.45, 7) is 1.55. The Morgan fingerprint density at radius 2 is 2.47 bits per heavy atom. The van der Waals surface area contributed by atoms with E-state index in [4.69, 9.17) is 10.8 Å². The first-order valence-corrected chi connectivity index (χ1v) is 5.60. The Morgan fingerprint density at radius 1 is 1.65 bits per heavy atom. The molecular formula is C11H16N4O2. The molecule has 0 spiro atoms. The van der Waals surface area contributed by atoms with Crippen molar-refractivity contribution < 1.29 is 9.90 Å². The minimum Gasteiger partial charge on any atom is -0.465 e. The molecule has 1 saturated heterocycles. The molecule has 0 aromatic carbocycles. The number of nitrogens with one attached hydrogen (secondary N) is 1. The second-order valence-corrected chi connectivity index (χ2v) is 4.17. The van der Waals surface area contributed by atoms with Gasteiger partial charge in [0.05, 0.1) is 17.6 Å². The standard InChI is InChI=1S/C11H16N4O2/c12-9-6-13-4-3-10(9)15-5-1-2-8(7-15)14-11(16)17/h3-4,6,8,14H,1-2,5,7,12H2,(H,16,17)/t8-/m0/s1. The lowest BCUT2D eigenvalue weighted by molar-refractivity contribution is 0.188. The van der Waals surface area contributed by atoms with Gasteiger partial charge in [-0.05, 0) is 18.9 Å². The molecule has 1 aromatic rings. The molecule has 0 bridgehead atoms. The molecule has 92 valence electrons. The minimum absolute atomic E-state index is 0.0335. The molecule has 1 atom stereocenters. The van der Waals surface area contributed by atoms with E-state index in [1.165, 1.54) is 0 Å². The second-order valence-electron chi connectivity index (χ2n) is 4.17.